The molecule has 0 aliphatic rings. The lowest BCUT2D eigenvalue weighted by Gasteiger charge is -2.28. The van der Waals surface area contributed by atoms with Gasteiger partial charge in [-0.1, -0.05) is 30.3 Å². The van der Waals surface area contributed by atoms with Gasteiger partial charge in [-0.25, -0.2) is 8.42 Å². The van der Waals surface area contributed by atoms with Gasteiger partial charge in [-0.2, -0.15) is 0 Å². The minimum Gasteiger partial charge on any atom is -0.349 e. The second-order valence-electron chi connectivity index (χ2n) is 6.61. The molecule has 0 bridgehead atoms. The van der Waals surface area contributed by atoms with Gasteiger partial charge in [-0.3, -0.25) is 13.9 Å². The van der Waals surface area contributed by atoms with Crippen LogP contribution >= 0.6 is 0 Å². The van der Waals surface area contributed by atoms with Gasteiger partial charge >= 0.3 is 0 Å². The Labute approximate surface area is 171 Å². The molecule has 0 saturated carbocycles. The lowest BCUT2D eigenvalue weighted by molar-refractivity contribution is -0.116. The molecule has 154 valence electrons. The molecule has 2 rings (SSSR count). The predicted octanol–water partition coefficient (Wildman–Crippen LogP) is 2.70. The molecule has 0 aliphatic carbocycles. The summed E-state index contributed by atoms with van der Waals surface area (Å²) in [6.07, 6.45) is 2.60. The highest BCUT2D eigenvalue weighted by Gasteiger charge is 2.29. The number of hydrogen-bond donors (Lipinski definition) is 2. The van der Waals surface area contributed by atoms with Crippen LogP contribution in [0.2, 0.25) is 0 Å². The smallest absolute Gasteiger partial charge is 0.253 e. The van der Waals surface area contributed by atoms with Crippen molar-refractivity contribution in [2.45, 2.75) is 19.9 Å². The van der Waals surface area contributed by atoms with E-state index in [0.29, 0.717) is 11.4 Å². The van der Waals surface area contributed by atoms with E-state index in [1.165, 1.54) is 6.92 Å². The summed E-state index contributed by atoms with van der Waals surface area (Å²) in [5.41, 5.74) is 1.83. The van der Waals surface area contributed by atoms with Crippen molar-refractivity contribution in [3.05, 3.63) is 72.3 Å². The highest BCUT2D eigenvalue weighted by Crippen LogP contribution is 2.23. The van der Waals surface area contributed by atoms with Crippen LogP contribution in [0.1, 0.15) is 22.8 Å². The molecule has 2 aromatic carbocycles. The first kappa shape index (κ1) is 22.2. The van der Waals surface area contributed by atoms with E-state index in [9.17, 15) is 18.0 Å². The Balaban J connectivity index is 2.32. The molecular weight excluding hydrogens is 390 g/mol. The van der Waals surface area contributed by atoms with Gasteiger partial charge in [0.2, 0.25) is 15.9 Å². The molecule has 0 aromatic heterocycles. The van der Waals surface area contributed by atoms with Crippen molar-refractivity contribution < 1.29 is 18.0 Å². The maximum absolute atomic E-state index is 12.9. The molecule has 0 saturated heterocycles. The average Bonchev–Trinajstić information content (AvgIpc) is 2.65. The van der Waals surface area contributed by atoms with E-state index >= 15 is 0 Å². The maximum atomic E-state index is 12.9. The molecule has 2 N–H and O–H groups in total. The van der Waals surface area contributed by atoms with Crippen molar-refractivity contribution in [2.24, 2.45) is 0 Å². The van der Waals surface area contributed by atoms with Crippen molar-refractivity contribution in [3.63, 3.8) is 0 Å². The molecule has 2 amide bonds. The van der Waals surface area contributed by atoms with Gasteiger partial charge in [0.05, 0.1) is 23.2 Å². The zero-order chi connectivity index (χ0) is 21.6. The third kappa shape index (κ3) is 5.68. The summed E-state index contributed by atoms with van der Waals surface area (Å²) in [5.74, 6) is -0.923. The lowest BCUT2D eigenvalue weighted by Crippen LogP contribution is -2.45. The maximum Gasteiger partial charge on any atom is 0.253 e. The van der Waals surface area contributed by atoms with E-state index in [1.807, 2.05) is 13.0 Å². The van der Waals surface area contributed by atoms with Crippen LogP contribution in [0.15, 0.2) is 61.2 Å². The number of sulfonamides is 1. The van der Waals surface area contributed by atoms with Crippen molar-refractivity contribution >= 4 is 33.2 Å². The van der Waals surface area contributed by atoms with Crippen molar-refractivity contribution in [1.82, 2.24) is 5.32 Å². The Bertz CT molecular complexity index is 1020. The SMILES string of the molecule is C=CCNC(=O)c1ccccc1NC(=O)[C@H](C)N(c1cccc(C)c1)S(C)(=O)=O. The van der Waals surface area contributed by atoms with E-state index < -0.39 is 22.0 Å². The summed E-state index contributed by atoms with van der Waals surface area (Å²) in [7, 11) is -3.73. The summed E-state index contributed by atoms with van der Waals surface area (Å²) in [5, 5.41) is 5.33. The summed E-state index contributed by atoms with van der Waals surface area (Å²) in [4.78, 5) is 25.2. The number of nitrogens with one attached hydrogen (secondary N) is 2. The van der Waals surface area contributed by atoms with Crippen LogP contribution in [-0.2, 0) is 14.8 Å². The van der Waals surface area contributed by atoms with E-state index in [4.69, 9.17) is 0 Å². The monoisotopic (exact) mass is 415 g/mol. The fraction of sp³-hybridized carbons (Fsp3) is 0.238. The molecule has 0 spiro atoms. The Morgan fingerprint density at radius 2 is 1.86 bits per heavy atom. The number of carbonyl (C=O) groups is 2. The highest BCUT2D eigenvalue weighted by atomic mass is 32.2. The third-order valence-electron chi connectivity index (χ3n) is 4.18. The predicted molar refractivity (Wildman–Crippen MR) is 116 cm³/mol. The number of nitrogens with zero attached hydrogens (tertiary/aromatic N) is 1. The molecular formula is C21H25N3O4S. The lowest BCUT2D eigenvalue weighted by atomic mass is 10.1. The number of carbonyl (C=O) groups excluding carboxylic acids is 2. The number of hydrogen-bond acceptors (Lipinski definition) is 4. The van der Waals surface area contributed by atoms with Crippen LogP contribution in [0.5, 0.6) is 0 Å². The van der Waals surface area contributed by atoms with Crippen molar-refractivity contribution in [2.75, 3.05) is 22.4 Å². The second-order valence-corrected chi connectivity index (χ2v) is 8.47. The minimum absolute atomic E-state index is 0.274. The Kier molecular flexibility index (Phi) is 7.17. The highest BCUT2D eigenvalue weighted by molar-refractivity contribution is 7.92. The number of para-hydroxylation sites is 1. The van der Waals surface area contributed by atoms with Crippen LogP contribution in [0.4, 0.5) is 11.4 Å². The van der Waals surface area contributed by atoms with E-state index in [-0.39, 0.29) is 18.0 Å². The standard InChI is InChI=1S/C21H25N3O4S/c1-5-13-22-21(26)18-11-6-7-12-19(18)23-20(25)16(3)24(29(4,27)28)17-10-8-9-15(2)14-17/h5-12,14,16H,1,13H2,2-4H3,(H,22,26)(H,23,25)/t16-/m0/s1. The summed E-state index contributed by atoms with van der Waals surface area (Å²) >= 11 is 0. The number of benzene rings is 2. The van der Waals surface area contributed by atoms with E-state index in [1.54, 1.807) is 48.5 Å². The molecule has 7 nitrogen and oxygen atoms in total. The molecule has 0 aliphatic heterocycles. The van der Waals surface area contributed by atoms with Crippen molar-refractivity contribution in [1.29, 1.82) is 0 Å². The fourth-order valence-electron chi connectivity index (χ4n) is 2.86. The molecule has 0 fully saturated rings. The molecule has 0 heterocycles. The van der Waals surface area contributed by atoms with Crippen LogP contribution in [0.25, 0.3) is 0 Å². The quantitative estimate of drug-likeness (QED) is 0.648. The molecule has 1 atom stereocenters. The Morgan fingerprint density at radius 3 is 2.48 bits per heavy atom. The normalized spacial score (nSPS) is 12.0. The Hall–Kier alpha value is -3.13. The van der Waals surface area contributed by atoms with Crippen LogP contribution < -0.4 is 14.9 Å². The summed E-state index contributed by atoms with van der Waals surface area (Å²) < 4.78 is 25.9. The first-order valence-electron chi connectivity index (χ1n) is 9.00. The summed E-state index contributed by atoms with van der Waals surface area (Å²) in [6, 6.07) is 12.4. The summed E-state index contributed by atoms with van der Waals surface area (Å²) in [6.45, 7) is 7.17. The molecule has 29 heavy (non-hydrogen) atoms. The average molecular weight is 416 g/mol. The molecule has 0 unspecified atom stereocenters. The van der Waals surface area contributed by atoms with Gasteiger partial charge in [0, 0.05) is 6.54 Å². The van der Waals surface area contributed by atoms with Gasteiger partial charge in [-0.05, 0) is 43.7 Å². The van der Waals surface area contributed by atoms with E-state index in [0.717, 1.165) is 16.1 Å². The topological polar surface area (TPSA) is 95.6 Å². The van der Waals surface area contributed by atoms with Crippen LogP contribution in [0.3, 0.4) is 0 Å². The first-order valence-corrected chi connectivity index (χ1v) is 10.8. The zero-order valence-corrected chi connectivity index (χ0v) is 17.5. The number of aryl methyl sites for hydroxylation is 1. The van der Waals surface area contributed by atoms with Crippen LogP contribution in [0, 0.1) is 6.92 Å². The molecule has 8 heteroatoms. The third-order valence-corrected chi connectivity index (χ3v) is 5.42. The number of rotatable bonds is 8. The minimum atomic E-state index is -3.73. The first-order chi connectivity index (χ1) is 13.6. The van der Waals surface area contributed by atoms with Crippen molar-refractivity contribution in [3.8, 4) is 0 Å². The molecule has 2 aromatic rings. The van der Waals surface area contributed by atoms with Gasteiger partial charge in [0.25, 0.3) is 5.91 Å². The van der Waals surface area contributed by atoms with Gasteiger partial charge in [0.1, 0.15) is 6.04 Å². The van der Waals surface area contributed by atoms with E-state index in [2.05, 4.69) is 17.2 Å². The largest absolute Gasteiger partial charge is 0.349 e. The molecule has 0 radical (unpaired) electrons. The fourth-order valence-corrected chi connectivity index (χ4v) is 4.03. The number of anilines is 2. The van der Waals surface area contributed by atoms with Crippen LogP contribution in [-0.4, -0.2) is 39.1 Å². The van der Waals surface area contributed by atoms with Gasteiger partial charge < -0.3 is 10.6 Å². The van der Waals surface area contributed by atoms with Gasteiger partial charge in [0.15, 0.2) is 0 Å². The number of amides is 2. The van der Waals surface area contributed by atoms with Gasteiger partial charge in [-0.15, -0.1) is 6.58 Å². The zero-order valence-electron chi connectivity index (χ0n) is 16.7. The Morgan fingerprint density at radius 1 is 1.17 bits per heavy atom. The second kappa shape index (κ2) is 9.38.